The van der Waals surface area contributed by atoms with Crippen LogP contribution in [0.25, 0.3) is 173 Å². The first-order valence-corrected chi connectivity index (χ1v) is 36.1. The van der Waals surface area contributed by atoms with E-state index in [0.717, 1.165) is 167 Å². The summed E-state index contributed by atoms with van der Waals surface area (Å²) in [5.74, 6) is -13.0. The number of hydrogen-bond acceptors (Lipinski definition) is 2. The van der Waals surface area contributed by atoms with Crippen LogP contribution in [0.1, 0.15) is 0 Å². The molecule has 0 atom stereocenters. The largest absolute Gasteiger partial charge is 0.310 e. The van der Waals surface area contributed by atoms with Crippen molar-refractivity contribution in [2.75, 3.05) is 4.90 Å². The summed E-state index contributed by atoms with van der Waals surface area (Å²) in [7, 11) is 0. The summed E-state index contributed by atoms with van der Waals surface area (Å²) in [6, 6.07) is 101. The van der Waals surface area contributed by atoms with Gasteiger partial charge < -0.3 is 14.0 Å². The van der Waals surface area contributed by atoms with Gasteiger partial charge in [-0.15, -0.1) is 11.3 Å². The third-order valence-corrected chi connectivity index (χ3v) is 22.4. The summed E-state index contributed by atoms with van der Waals surface area (Å²) in [6.45, 7) is 0. The highest BCUT2D eigenvalue weighted by molar-refractivity contribution is 7.25. The number of benzene rings is 18. The van der Waals surface area contributed by atoms with Gasteiger partial charge in [0.1, 0.15) is 23.3 Å². The predicted molar refractivity (Wildman–Crippen MR) is 430 cm³/mol. The number of anilines is 3. The van der Waals surface area contributed by atoms with E-state index in [2.05, 4.69) is 221 Å². The van der Waals surface area contributed by atoms with Crippen molar-refractivity contribution >= 4 is 157 Å². The van der Waals surface area contributed by atoms with Crippen molar-refractivity contribution in [1.82, 2.24) is 9.13 Å². The molecule has 3 heterocycles. The molecule has 3 aromatic heterocycles. The zero-order valence-electron chi connectivity index (χ0n) is 57.2. The SMILES string of the molecule is Fc1c(F)c(F)c(-c2ccc3c(c2)sc2cc(-c4cc5c6ccccc6c6c7ccccc7n(-c7ccccc7)c6c5c5ccccc45)ccc23)c(F)c1F.Fc1cc(F)cc(N(c2ccc(-c3cc4c5ccccc5c5c6ccccc6n(-c6ccccc6)c5c4c4ccccc34)cc2)c2cc(F)cc(F)c2)c1. The quantitative estimate of drug-likeness (QED) is 0.0640. The molecule has 18 aromatic carbocycles. The standard InChI is InChI=1S/C48H24F5NS.C48H28F4N2/c49-43-40(44(50)46(52)47(53)45(43)51)26-19-21-31-30-20-18-25(22-38(30)55-39(31)23-26)35-24-36-29-13-5-7-15-33(29)41-34-16-8-9-17-37(34)54(27-10-2-1-3-11-27)48(41)42(36)32-14-6-4-12-28(32)35;49-30-22-31(50)25-36(24-30)53(37-26-32(51)23-33(52)27-37)35-20-18-29(19-21-35)43-28-44-39-13-5-7-15-41(39)46-42-16-8-9-17-45(42)54(34-10-2-1-3-11-34)48(46)47(44)40-14-6-4-12-38(40)43/h1-24H;1-28H. The lowest BCUT2D eigenvalue weighted by Gasteiger charge is -2.26. The maximum Gasteiger partial charge on any atom is 0.200 e. The number of para-hydroxylation sites is 4. The van der Waals surface area contributed by atoms with Gasteiger partial charge in [0.25, 0.3) is 0 Å². The van der Waals surface area contributed by atoms with Crippen LogP contribution in [0.4, 0.5) is 56.6 Å². The molecule has 13 heteroatoms. The average Bonchev–Trinajstić information content (AvgIpc) is 0.891. The van der Waals surface area contributed by atoms with Gasteiger partial charge in [-0.2, -0.15) is 0 Å². The number of hydrogen-bond donors (Lipinski definition) is 0. The molecule has 0 aliphatic heterocycles. The lowest BCUT2D eigenvalue weighted by atomic mass is 9.89. The molecule has 0 spiro atoms. The molecule has 0 saturated heterocycles. The van der Waals surface area contributed by atoms with Crippen LogP contribution < -0.4 is 4.90 Å². The van der Waals surface area contributed by atoms with Crippen molar-refractivity contribution in [3.63, 3.8) is 0 Å². The van der Waals surface area contributed by atoms with Crippen molar-refractivity contribution < 1.29 is 39.5 Å². The van der Waals surface area contributed by atoms with Crippen LogP contribution in [-0.2, 0) is 0 Å². The monoisotopic (exact) mass is 1450 g/mol. The average molecular weight is 1450 g/mol. The highest BCUT2D eigenvalue weighted by Gasteiger charge is 2.29. The molecule has 0 unspecified atom stereocenters. The molecule has 0 bridgehead atoms. The molecule has 21 rings (SSSR count). The summed E-state index contributed by atoms with van der Waals surface area (Å²) in [4.78, 5) is 1.44. The minimum Gasteiger partial charge on any atom is -0.310 e. The number of aromatic nitrogens is 2. The maximum absolute atomic E-state index is 14.8. The molecule has 109 heavy (non-hydrogen) atoms. The topological polar surface area (TPSA) is 13.1 Å². The van der Waals surface area contributed by atoms with Crippen molar-refractivity contribution in [1.29, 1.82) is 0 Å². The van der Waals surface area contributed by atoms with Crippen molar-refractivity contribution in [3.05, 3.63) is 368 Å². The molecule has 0 aliphatic rings. The van der Waals surface area contributed by atoms with Gasteiger partial charge in [0.2, 0.25) is 5.82 Å². The second kappa shape index (κ2) is 25.4. The molecule has 0 amide bonds. The zero-order valence-corrected chi connectivity index (χ0v) is 58.0. The molecule has 520 valence electrons. The Balaban J connectivity index is 0.000000143. The van der Waals surface area contributed by atoms with Gasteiger partial charge in [-0.05, 0) is 179 Å². The van der Waals surface area contributed by atoms with Gasteiger partial charge in [-0.25, -0.2) is 39.5 Å². The van der Waals surface area contributed by atoms with Gasteiger partial charge in [-0.1, -0.05) is 206 Å². The minimum absolute atomic E-state index is 0.0845. The van der Waals surface area contributed by atoms with E-state index in [9.17, 15) is 39.5 Å². The first-order valence-electron chi connectivity index (χ1n) is 35.3. The van der Waals surface area contributed by atoms with Gasteiger partial charge in [0, 0.05) is 81.7 Å². The Morgan fingerprint density at radius 1 is 0.229 bits per heavy atom. The lowest BCUT2D eigenvalue weighted by Crippen LogP contribution is -2.11. The van der Waals surface area contributed by atoms with Crippen LogP contribution in [0.2, 0.25) is 0 Å². The maximum atomic E-state index is 14.8. The second-order valence-electron chi connectivity index (χ2n) is 27.3. The van der Waals surface area contributed by atoms with Crippen molar-refractivity contribution in [2.24, 2.45) is 0 Å². The van der Waals surface area contributed by atoms with Gasteiger partial charge in [0.15, 0.2) is 23.3 Å². The van der Waals surface area contributed by atoms with Gasteiger partial charge in [-0.3, -0.25) is 0 Å². The Morgan fingerprint density at radius 3 is 1.00 bits per heavy atom. The fourth-order valence-electron chi connectivity index (χ4n) is 16.8. The van der Waals surface area contributed by atoms with Crippen LogP contribution in [-0.4, -0.2) is 9.13 Å². The third-order valence-electron chi connectivity index (χ3n) is 21.2. The van der Waals surface area contributed by atoms with E-state index in [1.54, 1.807) is 18.2 Å². The normalized spacial score (nSPS) is 11.9. The summed E-state index contributed by atoms with van der Waals surface area (Å²) >= 11 is 1.41. The molecule has 0 N–H and O–H groups in total. The van der Waals surface area contributed by atoms with E-state index in [-0.39, 0.29) is 16.9 Å². The van der Waals surface area contributed by atoms with E-state index in [0.29, 0.717) is 10.4 Å². The Hall–Kier alpha value is -13.5. The molecule has 3 nitrogen and oxygen atoms in total. The summed E-state index contributed by atoms with van der Waals surface area (Å²) in [6.07, 6.45) is 0. The molecule has 0 saturated carbocycles. The molecule has 0 fully saturated rings. The lowest BCUT2D eigenvalue weighted by molar-refractivity contribution is 0.381. The van der Waals surface area contributed by atoms with Crippen LogP contribution in [0.5, 0.6) is 0 Å². The molecular formula is C96H52F9N3S. The second-order valence-corrected chi connectivity index (χ2v) is 28.4. The Kier molecular flexibility index (Phi) is 15.1. The van der Waals surface area contributed by atoms with Crippen molar-refractivity contribution in [2.45, 2.75) is 0 Å². The molecule has 0 radical (unpaired) electrons. The highest BCUT2D eigenvalue weighted by Crippen LogP contribution is 2.51. The van der Waals surface area contributed by atoms with Crippen LogP contribution in [0.3, 0.4) is 0 Å². The van der Waals surface area contributed by atoms with Gasteiger partial charge in [0.05, 0.1) is 39.0 Å². The molecular weight excluding hydrogens is 1400 g/mol. The van der Waals surface area contributed by atoms with Crippen molar-refractivity contribution in [3.8, 4) is 44.8 Å². The fourth-order valence-corrected chi connectivity index (χ4v) is 17.9. The van der Waals surface area contributed by atoms with E-state index in [4.69, 9.17) is 0 Å². The van der Waals surface area contributed by atoms with E-state index in [1.807, 2.05) is 36.4 Å². The summed E-state index contributed by atoms with van der Waals surface area (Å²) in [5.41, 5.74) is 10.3. The smallest absolute Gasteiger partial charge is 0.200 e. The summed E-state index contributed by atoms with van der Waals surface area (Å²) in [5, 5.41) is 20.0. The number of fused-ring (bicyclic) bond motifs is 23. The number of thiophene rings is 1. The predicted octanol–water partition coefficient (Wildman–Crippen LogP) is 28.6. The highest BCUT2D eigenvalue weighted by atomic mass is 32.1. The first-order chi connectivity index (χ1) is 53.3. The number of halogens is 9. The van der Waals surface area contributed by atoms with Gasteiger partial charge >= 0.3 is 0 Å². The van der Waals surface area contributed by atoms with E-state index in [1.165, 1.54) is 55.3 Å². The van der Waals surface area contributed by atoms with E-state index < -0.39 is 57.9 Å². The number of nitrogens with zero attached hydrogens (tertiary/aromatic N) is 3. The number of rotatable bonds is 8. The molecule has 21 aromatic rings. The Labute approximate surface area is 619 Å². The Morgan fingerprint density at radius 2 is 0.560 bits per heavy atom. The summed E-state index contributed by atoms with van der Waals surface area (Å²) < 4.78 is 136. The van der Waals surface area contributed by atoms with Crippen LogP contribution >= 0.6 is 11.3 Å². The third kappa shape index (κ3) is 10.3. The zero-order chi connectivity index (χ0) is 73.6. The van der Waals surface area contributed by atoms with E-state index >= 15 is 0 Å². The fraction of sp³-hybridized carbons (Fsp3) is 0. The first kappa shape index (κ1) is 65.1. The Bertz CT molecular complexity index is 7290. The van der Waals surface area contributed by atoms with Crippen LogP contribution in [0, 0.1) is 52.4 Å². The minimum atomic E-state index is -2.17. The molecule has 0 aliphatic carbocycles. The van der Waals surface area contributed by atoms with Crippen LogP contribution in [0.15, 0.2) is 315 Å².